The molecule has 1 heterocycles. The Labute approximate surface area is 93.8 Å². The molecule has 0 radical (unpaired) electrons. The Morgan fingerprint density at radius 3 is 2.47 bits per heavy atom. The molecule has 0 amide bonds. The van der Waals surface area contributed by atoms with E-state index in [1.165, 1.54) is 22.3 Å². The average Bonchev–Trinajstić information content (AvgIpc) is 2.61. The van der Waals surface area contributed by atoms with Crippen LogP contribution in [-0.2, 0) is 0 Å². The molecule has 0 spiro atoms. The van der Waals surface area contributed by atoms with Gasteiger partial charge in [-0.05, 0) is 37.5 Å². The number of thiazole rings is 1. The minimum absolute atomic E-state index is 0.604. The lowest BCUT2D eigenvalue weighted by Crippen LogP contribution is -1.91. The zero-order chi connectivity index (χ0) is 11.0. The summed E-state index contributed by atoms with van der Waals surface area (Å²) in [7, 11) is 0. The van der Waals surface area contributed by atoms with Gasteiger partial charge in [0.2, 0.25) is 0 Å². The smallest absolute Gasteiger partial charge is 0.135 e. The molecule has 0 saturated carbocycles. The maximum Gasteiger partial charge on any atom is 0.135 e. The van der Waals surface area contributed by atoms with E-state index in [2.05, 4.69) is 37.9 Å². The van der Waals surface area contributed by atoms with Crippen molar-refractivity contribution in [3.8, 4) is 10.6 Å². The second-order valence-electron chi connectivity index (χ2n) is 3.76. The lowest BCUT2D eigenvalue weighted by Gasteiger charge is -2.08. The average molecular weight is 218 g/mol. The third kappa shape index (κ3) is 1.75. The highest BCUT2D eigenvalue weighted by molar-refractivity contribution is 7.13. The molecule has 78 valence electrons. The van der Waals surface area contributed by atoms with Crippen molar-refractivity contribution in [2.45, 2.75) is 20.8 Å². The number of hydrogen-bond donors (Lipinski definition) is 1. The topological polar surface area (TPSA) is 38.9 Å². The number of benzene rings is 1. The van der Waals surface area contributed by atoms with Crippen molar-refractivity contribution in [2.75, 3.05) is 5.73 Å². The first-order valence-electron chi connectivity index (χ1n) is 4.88. The van der Waals surface area contributed by atoms with Crippen LogP contribution in [0.1, 0.15) is 16.7 Å². The summed E-state index contributed by atoms with van der Waals surface area (Å²) in [5.41, 5.74) is 10.8. The fraction of sp³-hybridized carbons (Fsp3) is 0.250. The molecule has 0 aliphatic rings. The van der Waals surface area contributed by atoms with Crippen LogP contribution in [-0.4, -0.2) is 4.98 Å². The second kappa shape index (κ2) is 3.66. The number of nitrogen functional groups attached to an aromatic ring is 1. The van der Waals surface area contributed by atoms with Crippen molar-refractivity contribution < 1.29 is 0 Å². The SMILES string of the molecule is Cc1ccc(-c2nc(N)cs2)c(C)c1C. The zero-order valence-corrected chi connectivity index (χ0v) is 9.98. The predicted octanol–water partition coefficient (Wildman–Crippen LogP) is 3.32. The van der Waals surface area contributed by atoms with E-state index in [9.17, 15) is 0 Å². The summed E-state index contributed by atoms with van der Waals surface area (Å²) >= 11 is 1.60. The summed E-state index contributed by atoms with van der Waals surface area (Å²) in [6.07, 6.45) is 0. The molecule has 0 saturated heterocycles. The molecule has 1 aromatic carbocycles. The van der Waals surface area contributed by atoms with E-state index in [1.54, 1.807) is 11.3 Å². The summed E-state index contributed by atoms with van der Waals surface area (Å²) in [4.78, 5) is 4.31. The first-order chi connectivity index (χ1) is 7.09. The van der Waals surface area contributed by atoms with Crippen LogP contribution in [0.25, 0.3) is 10.6 Å². The molecule has 0 bridgehead atoms. The normalized spacial score (nSPS) is 10.6. The molecule has 2 rings (SSSR count). The third-order valence-corrected chi connectivity index (χ3v) is 3.70. The van der Waals surface area contributed by atoms with E-state index in [-0.39, 0.29) is 0 Å². The van der Waals surface area contributed by atoms with E-state index in [4.69, 9.17) is 5.73 Å². The molecule has 2 N–H and O–H groups in total. The zero-order valence-electron chi connectivity index (χ0n) is 9.16. The van der Waals surface area contributed by atoms with Crippen LogP contribution < -0.4 is 5.73 Å². The molecule has 2 aromatic rings. The van der Waals surface area contributed by atoms with Gasteiger partial charge in [0.15, 0.2) is 0 Å². The molecule has 15 heavy (non-hydrogen) atoms. The van der Waals surface area contributed by atoms with Gasteiger partial charge in [-0.3, -0.25) is 0 Å². The van der Waals surface area contributed by atoms with E-state index < -0.39 is 0 Å². The molecule has 3 heteroatoms. The van der Waals surface area contributed by atoms with Crippen LogP contribution in [0, 0.1) is 20.8 Å². The van der Waals surface area contributed by atoms with Gasteiger partial charge in [0.05, 0.1) is 0 Å². The van der Waals surface area contributed by atoms with Crippen molar-refractivity contribution in [3.63, 3.8) is 0 Å². The van der Waals surface area contributed by atoms with Gasteiger partial charge in [-0.1, -0.05) is 12.1 Å². The van der Waals surface area contributed by atoms with Gasteiger partial charge in [0, 0.05) is 10.9 Å². The highest BCUT2D eigenvalue weighted by Crippen LogP contribution is 2.30. The largest absolute Gasteiger partial charge is 0.383 e. The highest BCUT2D eigenvalue weighted by Gasteiger charge is 2.08. The monoisotopic (exact) mass is 218 g/mol. The van der Waals surface area contributed by atoms with Gasteiger partial charge in [0.1, 0.15) is 10.8 Å². The highest BCUT2D eigenvalue weighted by atomic mass is 32.1. The van der Waals surface area contributed by atoms with Gasteiger partial charge < -0.3 is 5.73 Å². The van der Waals surface area contributed by atoms with Gasteiger partial charge in [-0.2, -0.15) is 0 Å². The fourth-order valence-electron chi connectivity index (χ4n) is 1.60. The molecule has 0 aliphatic heterocycles. The number of nitrogens with zero attached hydrogens (tertiary/aromatic N) is 1. The lowest BCUT2D eigenvalue weighted by molar-refractivity contribution is 1.26. The summed E-state index contributed by atoms with van der Waals surface area (Å²) in [5.74, 6) is 0.604. The standard InChI is InChI=1S/C12H14N2S/c1-7-4-5-10(9(3)8(7)2)12-14-11(13)6-15-12/h4-6H,13H2,1-3H3. The van der Waals surface area contributed by atoms with E-state index in [0.717, 1.165) is 5.01 Å². The minimum Gasteiger partial charge on any atom is -0.383 e. The fourth-order valence-corrected chi connectivity index (χ4v) is 2.39. The Balaban J connectivity index is 2.59. The Bertz CT molecular complexity index is 500. The molecular formula is C12H14N2S. The quantitative estimate of drug-likeness (QED) is 0.797. The van der Waals surface area contributed by atoms with Gasteiger partial charge in [-0.15, -0.1) is 11.3 Å². The predicted molar refractivity (Wildman–Crippen MR) is 66.2 cm³/mol. The Kier molecular flexibility index (Phi) is 2.49. The maximum atomic E-state index is 5.63. The second-order valence-corrected chi connectivity index (χ2v) is 4.62. The summed E-state index contributed by atoms with van der Waals surface area (Å²) in [5, 5.41) is 2.89. The first-order valence-corrected chi connectivity index (χ1v) is 5.75. The van der Waals surface area contributed by atoms with Crippen molar-refractivity contribution in [1.29, 1.82) is 0 Å². The van der Waals surface area contributed by atoms with Crippen LogP contribution in [0.3, 0.4) is 0 Å². The Morgan fingerprint density at radius 1 is 1.13 bits per heavy atom. The van der Waals surface area contributed by atoms with Crippen molar-refractivity contribution in [1.82, 2.24) is 4.98 Å². The summed E-state index contributed by atoms with van der Waals surface area (Å²) in [6.45, 7) is 6.41. The Morgan fingerprint density at radius 2 is 1.87 bits per heavy atom. The molecule has 1 aromatic heterocycles. The summed E-state index contributed by atoms with van der Waals surface area (Å²) < 4.78 is 0. The minimum atomic E-state index is 0.604. The van der Waals surface area contributed by atoms with E-state index in [0.29, 0.717) is 5.82 Å². The number of aryl methyl sites for hydroxylation is 1. The number of nitrogens with two attached hydrogens (primary N) is 1. The van der Waals surface area contributed by atoms with E-state index in [1.807, 2.05) is 5.38 Å². The number of rotatable bonds is 1. The van der Waals surface area contributed by atoms with Crippen LogP contribution in [0.2, 0.25) is 0 Å². The van der Waals surface area contributed by atoms with Crippen LogP contribution >= 0.6 is 11.3 Å². The molecule has 0 atom stereocenters. The van der Waals surface area contributed by atoms with Gasteiger partial charge in [-0.25, -0.2) is 4.98 Å². The van der Waals surface area contributed by atoms with Crippen molar-refractivity contribution in [3.05, 3.63) is 34.2 Å². The molecular weight excluding hydrogens is 204 g/mol. The van der Waals surface area contributed by atoms with Crippen molar-refractivity contribution >= 4 is 17.2 Å². The first kappa shape index (κ1) is 10.2. The Hall–Kier alpha value is -1.35. The molecule has 0 unspecified atom stereocenters. The molecule has 2 nitrogen and oxygen atoms in total. The third-order valence-electron chi connectivity index (χ3n) is 2.81. The number of aromatic nitrogens is 1. The van der Waals surface area contributed by atoms with Crippen molar-refractivity contribution in [2.24, 2.45) is 0 Å². The van der Waals surface area contributed by atoms with Crippen LogP contribution in [0.4, 0.5) is 5.82 Å². The van der Waals surface area contributed by atoms with Gasteiger partial charge >= 0.3 is 0 Å². The maximum absolute atomic E-state index is 5.63. The van der Waals surface area contributed by atoms with Gasteiger partial charge in [0.25, 0.3) is 0 Å². The molecule has 0 aliphatic carbocycles. The molecule has 0 fully saturated rings. The van der Waals surface area contributed by atoms with E-state index >= 15 is 0 Å². The number of hydrogen-bond acceptors (Lipinski definition) is 3. The lowest BCUT2D eigenvalue weighted by atomic mass is 9.99. The summed E-state index contributed by atoms with van der Waals surface area (Å²) in [6, 6.07) is 4.26. The van der Waals surface area contributed by atoms with Crippen LogP contribution in [0.15, 0.2) is 17.5 Å². The number of anilines is 1. The van der Waals surface area contributed by atoms with Crippen LogP contribution in [0.5, 0.6) is 0 Å².